The van der Waals surface area contributed by atoms with Gasteiger partial charge in [0.05, 0.1) is 0 Å². The molecule has 0 spiro atoms. The van der Waals surface area contributed by atoms with E-state index in [4.69, 9.17) is 0 Å². The van der Waals surface area contributed by atoms with Gasteiger partial charge in [0.2, 0.25) is 0 Å². The van der Waals surface area contributed by atoms with Gasteiger partial charge >= 0.3 is 0 Å². The van der Waals surface area contributed by atoms with E-state index >= 15 is 0 Å². The van der Waals surface area contributed by atoms with E-state index in [-0.39, 0.29) is 17.8 Å². The van der Waals surface area contributed by atoms with Gasteiger partial charge < -0.3 is 9.88 Å². The molecule has 0 radical (unpaired) electrons. The predicted octanol–water partition coefficient (Wildman–Crippen LogP) is 3.14. The first kappa shape index (κ1) is 14.4. The van der Waals surface area contributed by atoms with Crippen LogP contribution >= 0.6 is 11.3 Å². The van der Waals surface area contributed by atoms with E-state index in [1.54, 1.807) is 9.95 Å². The van der Waals surface area contributed by atoms with E-state index in [2.05, 4.69) is 10.3 Å². The Morgan fingerprint density at radius 3 is 2.77 bits per heavy atom. The molecule has 2 aromatic heterocycles. The molecule has 0 aliphatic carbocycles. The lowest BCUT2D eigenvalue weighted by Crippen LogP contribution is -2.23. The van der Waals surface area contributed by atoms with Crippen LogP contribution in [0, 0.1) is 11.6 Å². The van der Waals surface area contributed by atoms with Gasteiger partial charge in [0.25, 0.3) is 5.91 Å². The zero-order chi connectivity index (χ0) is 15.5. The van der Waals surface area contributed by atoms with Gasteiger partial charge in [-0.05, 0) is 18.2 Å². The van der Waals surface area contributed by atoms with Crippen LogP contribution in [0.25, 0.3) is 5.13 Å². The van der Waals surface area contributed by atoms with E-state index in [0.717, 1.165) is 12.1 Å². The molecule has 0 aliphatic rings. The van der Waals surface area contributed by atoms with E-state index in [1.165, 1.54) is 17.4 Å². The third-order valence-corrected chi connectivity index (χ3v) is 3.86. The highest BCUT2D eigenvalue weighted by atomic mass is 32.1. The summed E-state index contributed by atoms with van der Waals surface area (Å²) in [6.45, 7) is -0.0265. The molecule has 0 saturated heterocycles. The summed E-state index contributed by atoms with van der Waals surface area (Å²) in [4.78, 5) is 16.2. The number of thiazole rings is 1. The van der Waals surface area contributed by atoms with Crippen molar-refractivity contribution in [2.45, 2.75) is 6.54 Å². The smallest absolute Gasteiger partial charge is 0.271 e. The normalized spacial score (nSPS) is 10.6. The fraction of sp³-hybridized carbons (Fsp3) is 0.0667. The molecule has 0 unspecified atom stereocenters. The summed E-state index contributed by atoms with van der Waals surface area (Å²) in [5.74, 6) is -1.74. The molecule has 1 aromatic carbocycles. The molecule has 112 valence electrons. The number of hydrogen-bond acceptors (Lipinski definition) is 3. The van der Waals surface area contributed by atoms with Crippen molar-refractivity contribution < 1.29 is 13.6 Å². The minimum absolute atomic E-state index is 0.0265. The number of aromatic nitrogens is 2. The molecule has 0 atom stereocenters. The van der Waals surface area contributed by atoms with Crippen LogP contribution in [0.4, 0.5) is 8.78 Å². The molecule has 1 amide bonds. The second-order valence-electron chi connectivity index (χ2n) is 4.52. The highest BCUT2D eigenvalue weighted by Crippen LogP contribution is 2.15. The largest absolute Gasteiger partial charge is 0.346 e. The van der Waals surface area contributed by atoms with E-state index in [0.29, 0.717) is 5.13 Å². The summed E-state index contributed by atoms with van der Waals surface area (Å²) < 4.78 is 28.1. The first-order chi connectivity index (χ1) is 10.6. The Bertz CT molecular complexity index is 799. The van der Waals surface area contributed by atoms with Gasteiger partial charge in [-0.25, -0.2) is 13.8 Å². The predicted molar refractivity (Wildman–Crippen MR) is 79.0 cm³/mol. The Morgan fingerprint density at radius 2 is 2.05 bits per heavy atom. The SMILES string of the molecule is O=C(NCc1ccc(F)cc1F)c1csc(-n2cccc2)n1. The van der Waals surface area contributed by atoms with Crippen LogP contribution in [0.5, 0.6) is 0 Å². The number of carbonyl (C=O) groups excluding carboxylic acids is 1. The molecule has 3 aromatic rings. The molecular weight excluding hydrogens is 308 g/mol. The summed E-state index contributed by atoms with van der Waals surface area (Å²) in [6.07, 6.45) is 3.66. The molecule has 2 heterocycles. The van der Waals surface area contributed by atoms with Crippen LogP contribution < -0.4 is 5.32 Å². The quantitative estimate of drug-likeness (QED) is 0.803. The molecule has 1 N–H and O–H groups in total. The van der Waals surface area contributed by atoms with E-state index in [9.17, 15) is 13.6 Å². The lowest BCUT2D eigenvalue weighted by atomic mass is 10.2. The molecule has 0 saturated carbocycles. The Hall–Kier alpha value is -2.54. The number of benzene rings is 1. The third-order valence-electron chi connectivity index (χ3n) is 3.00. The van der Waals surface area contributed by atoms with Crippen molar-refractivity contribution >= 4 is 17.2 Å². The number of amides is 1. The molecule has 22 heavy (non-hydrogen) atoms. The van der Waals surface area contributed by atoms with Crippen molar-refractivity contribution in [2.75, 3.05) is 0 Å². The van der Waals surface area contributed by atoms with Gasteiger partial charge in [-0.15, -0.1) is 11.3 Å². The van der Waals surface area contributed by atoms with Crippen LogP contribution in [-0.2, 0) is 6.54 Å². The van der Waals surface area contributed by atoms with Crippen molar-refractivity contribution in [1.82, 2.24) is 14.9 Å². The fourth-order valence-electron chi connectivity index (χ4n) is 1.88. The lowest BCUT2D eigenvalue weighted by molar-refractivity contribution is 0.0946. The Balaban J connectivity index is 1.67. The number of hydrogen-bond donors (Lipinski definition) is 1. The summed E-state index contributed by atoms with van der Waals surface area (Å²) in [6, 6.07) is 6.96. The van der Waals surface area contributed by atoms with Gasteiger partial charge in [-0.3, -0.25) is 4.79 Å². The van der Waals surface area contributed by atoms with Crippen molar-refractivity contribution in [3.05, 3.63) is 71.0 Å². The van der Waals surface area contributed by atoms with Gasteiger partial charge in [0, 0.05) is 35.9 Å². The molecule has 3 rings (SSSR count). The second kappa shape index (κ2) is 6.07. The average molecular weight is 319 g/mol. The van der Waals surface area contributed by atoms with Crippen molar-refractivity contribution in [3.63, 3.8) is 0 Å². The maximum absolute atomic E-state index is 13.5. The second-order valence-corrected chi connectivity index (χ2v) is 5.36. The third kappa shape index (κ3) is 3.04. The molecule has 7 heteroatoms. The Kier molecular flexibility index (Phi) is 3.97. The standard InChI is InChI=1S/C15H11F2N3OS/c16-11-4-3-10(12(17)7-11)8-18-14(21)13-9-22-15(19-13)20-5-1-2-6-20/h1-7,9H,8H2,(H,18,21). The summed E-state index contributed by atoms with van der Waals surface area (Å²) >= 11 is 1.33. The topological polar surface area (TPSA) is 46.9 Å². The summed E-state index contributed by atoms with van der Waals surface area (Å²) in [7, 11) is 0. The zero-order valence-electron chi connectivity index (χ0n) is 11.3. The van der Waals surface area contributed by atoms with E-state index in [1.807, 2.05) is 24.5 Å². The van der Waals surface area contributed by atoms with E-state index < -0.39 is 17.5 Å². The Labute approximate surface area is 129 Å². The van der Waals surface area contributed by atoms with Crippen LogP contribution in [0.1, 0.15) is 16.1 Å². The van der Waals surface area contributed by atoms with Crippen molar-refractivity contribution in [2.24, 2.45) is 0 Å². The highest BCUT2D eigenvalue weighted by molar-refractivity contribution is 7.12. The number of rotatable bonds is 4. The van der Waals surface area contributed by atoms with Gasteiger partial charge in [-0.2, -0.15) is 0 Å². The van der Waals surface area contributed by atoms with Crippen LogP contribution in [0.2, 0.25) is 0 Å². The minimum atomic E-state index is -0.688. The van der Waals surface area contributed by atoms with Gasteiger partial charge in [0.15, 0.2) is 5.13 Å². The lowest BCUT2D eigenvalue weighted by Gasteiger charge is -2.05. The molecular formula is C15H11F2N3OS. The number of nitrogens with zero attached hydrogens (tertiary/aromatic N) is 2. The number of nitrogens with one attached hydrogen (secondary N) is 1. The van der Waals surface area contributed by atoms with Crippen LogP contribution in [0.15, 0.2) is 48.1 Å². The van der Waals surface area contributed by atoms with Crippen molar-refractivity contribution in [1.29, 1.82) is 0 Å². The highest BCUT2D eigenvalue weighted by Gasteiger charge is 2.12. The first-order valence-corrected chi connectivity index (χ1v) is 7.32. The summed E-state index contributed by atoms with van der Waals surface area (Å²) in [5.41, 5.74) is 0.479. The fourth-order valence-corrected chi connectivity index (χ4v) is 2.65. The number of carbonyl (C=O) groups is 1. The molecule has 0 fully saturated rings. The average Bonchev–Trinajstić information content (AvgIpc) is 3.17. The van der Waals surface area contributed by atoms with Gasteiger partial charge in [-0.1, -0.05) is 6.07 Å². The van der Waals surface area contributed by atoms with Crippen molar-refractivity contribution in [3.8, 4) is 5.13 Å². The minimum Gasteiger partial charge on any atom is -0.346 e. The molecule has 0 aliphatic heterocycles. The first-order valence-electron chi connectivity index (χ1n) is 6.44. The molecule has 0 bridgehead atoms. The van der Waals surface area contributed by atoms with Gasteiger partial charge in [0.1, 0.15) is 17.3 Å². The Morgan fingerprint density at radius 1 is 1.27 bits per heavy atom. The maximum atomic E-state index is 13.5. The van der Waals surface area contributed by atoms with Crippen LogP contribution in [0.3, 0.4) is 0 Å². The summed E-state index contributed by atoms with van der Waals surface area (Å²) in [5, 5.41) is 4.87. The molecule has 4 nitrogen and oxygen atoms in total. The maximum Gasteiger partial charge on any atom is 0.271 e. The van der Waals surface area contributed by atoms with Crippen LogP contribution in [-0.4, -0.2) is 15.5 Å². The monoisotopic (exact) mass is 319 g/mol. The number of halogens is 2. The zero-order valence-corrected chi connectivity index (χ0v) is 12.1.